The number of alkyl halides is 3. The smallest absolute Gasteiger partial charge is 0.352 e. The Morgan fingerprint density at radius 3 is 2.45 bits per heavy atom. The number of anilines is 1. The number of nitrogens with one attached hydrogen (secondary N) is 2. The average Bonchev–Trinajstić information content (AvgIpc) is 2.72. The van der Waals surface area contributed by atoms with E-state index in [-0.39, 0.29) is 11.7 Å². The van der Waals surface area contributed by atoms with Crippen molar-refractivity contribution >= 4 is 17.2 Å². The molecular formula is C22H29F4N5. The maximum absolute atomic E-state index is 13.3. The van der Waals surface area contributed by atoms with Gasteiger partial charge in [0.05, 0.1) is 29.1 Å². The van der Waals surface area contributed by atoms with Crippen LogP contribution in [0.2, 0.25) is 0 Å². The topological polar surface area (TPSA) is 63.5 Å². The zero-order chi connectivity index (χ0) is 23.4. The number of hydrogen-bond donors (Lipinski definition) is 2. The second-order valence-electron chi connectivity index (χ2n) is 8.18. The second kappa shape index (κ2) is 9.69. The van der Waals surface area contributed by atoms with Crippen LogP contribution in [0.15, 0.2) is 29.3 Å². The molecule has 1 aromatic rings. The molecule has 0 bridgehead atoms. The van der Waals surface area contributed by atoms with Gasteiger partial charge in [0.15, 0.2) is 0 Å². The van der Waals surface area contributed by atoms with Gasteiger partial charge >= 0.3 is 6.18 Å². The Kier molecular flexibility index (Phi) is 7.71. The zero-order valence-corrected chi connectivity index (χ0v) is 18.4. The van der Waals surface area contributed by atoms with E-state index in [9.17, 15) is 17.7 Å². The Balaban J connectivity index is 2.30. The molecule has 9 heteroatoms. The summed E-state index contributed by atoms with van der Waals surface area (Å²) in [4.78, 5) is 6.57. The van der Waals surface area contributed by atoms with Crippen LogP contribution in [0.4, 0.5) is 23.3 Å². The minimum Gasteiger partial charge on any atom is -0.352 e. The summed E-state index contributed by atoms with van der Waals surface area (Å²) < 4.78 is 53.3. The molecule has 2 rings (SSSR count). The van der Waals surface area contributed by atoms with Gasteiger partial charge in [-0.25, -0.2) is 10.5 Å². The van der Waals surface area contributed by atoms with Crippen molar-refractivity contribution in [2.75, 3.05) is 12.1 Å². The number of amidine groups is 1. The highest BCUT2D eigenvalue weighted by atomic mass is 19.4. The summed E-state index contributed by atoms with van der Waals surface area (Å²) in [7, 11) is 0. The number of nitrogens with zero attached hydrogens (tertiary/aromatic N) is 3. The monoisotopic (exact) mass is 439 g/mol. The van der Waals surface area contributed by atoms with E-state index in [4.69, 9.17) is 5.26 Å². The van der Waals surface area contributed by atoms with Gasteiger partial charge in [0, 0.05) is 18.2 Å². The predicted molar refractivity (Wildman–Crippen MR) is 115 cm³/mol. The fourth-order valence-electron chi connectivity index (χ4n) is 3.57. The largest absolute Gasteiger partial charge is 0.406 e. The summed E-state index contributed by atoms with van der Waals surface area (Å²) in [5, 5.41) is 11.8. The predicted octanol–water partition coefficient (Wildman–Crippen LogP) is 5.42. The first kappa shape index (κ1) is 24.7. The van der Waals surface area contributed by atoms with Crippen molar-refractivity contribution in [1.29, 1.82) is 5.26 Å². The van der Waals surface area contributed by atoms with Gasteiger partial charge in [-0.15, -0.1) is 4.48 Å². The molecule has 0 spiro atoms. The molecular weight excluding hydrogens is 410 g/mol. The lowest BCUT2D eigenvalue weighted by atomic mass is 9.99. The zero-order valence-electron chi connectivity index (χ0n) is 18.4. The highest BCUT2D eigenvalue weighted by Crippen LogP contribution is 2.32. The van der Waals surface area contributed by atoms with Gasteiger partial charge in [-0.05, 0) is 57.9 Å². The molecule has 1 aliphatic rings. The minimum atomic E-state index is -4.37. The van der Waals surface area contributed by atoms with E-state index in [1.165, 1.54) is 6.07 Å². The molecule has 31 heavy (non-hydrogen) atoms. The van der Waals surface area contributed by atoms with E-state index in [2.05, 4.69) is 10.3 Å². The number of benzene rings is 1. The molecule has 0 saturated heterocycles. The molecule has 0 saturated carbocycles. The maximum atomic E-state index is 13.3. The first-order chi connectivity index (χ1) is 14.5. The van der Waals surface area contributed by atoms with Gasteiger partial charge in [-0.3, -0.25) is 5.32 Å². The molecule has 5 nitrogen and oxygen atoms in total. The lowest BCUT2D eigenvalue weighted by Crippen LogP contribution is -2.59. The number of halogens is 4. The third kappa shape index (κ3) is 5.56. The Labute approximate surface area is 180 Å². The van der Waals surface area contributed by atoms with E-state index in [1.807, 2.05) is 30.9 Å². The molecule has 2 atom stereocenters. The van der Waals surface area contributed by atoms with Crippen molar-refractivity contribution in [3.8, 4) is 6.07 Å². The molecule has 0 radical (unpaired) electrons. The van der Waals surface area contributed by atoms with Crippen LogP contribution in [0.25, 0.3) is 5.70 Å². The van der Waals surface area contributed by atoms with E-state index in [0.29, 0.717) is 42.0 Å². The van der Waals surface area contributed by atoms with E-state index in [0.717, 1.165) is 13.8 Å². The lowest BCUT2D eigenvalue weighted by Gasteiger charge is -2.40. The molecule has 0 fully saturated rings. The standard InChI is InChI=1S/C22H29F4N5/c1-6-16(29-21(4,5)22(23,24)25)13-31-14(3)28-19(11-17(31)7-2)18-9-8-15(12-27)10-20(18)30-26/h8-11,16-17,29-30H,6-7,13H2,1-5H3. The van der Waals surface area contributed by atoms with Gasteiger partial charge in [0.1, 0.15) is 11.4 Å². The highest BCUT2D eigenvalue weighted by Gasteiger charge is 2.48. The fourth-order valence-corrected chi connectivity index (χ4v) is 3.57. The molecule has 0 amide bonds. The molecule has 0 aliphatic carbocycles. The number of hydrogen-bond acceptors (Lipinski definition) is 5. The Bertz CT molecular complexity index is 883. The van der Waals surface area contributed by atoms with Crippen molar-refractivity contribution in [3.05, 3.63) is 35.4 Å². The first-order valence-corrected chi connectivity index (χ1v) is 10.3. The van der Waals surface area contributed by atoms with Gasteiger partial charge in [0.25, 0.3) is 0 Å². The quantitative estimate of drug-likeness (QED) is 0.420. The fraction of sp³-hybridized carbons (Fsp3) is 0.545. The van der Waals surface area contributed by atoms with Gasteiger partial charge < -0.3 is 4.90 Å². The van der Waals surface area contributed by atoms with Crippen LogP contribution in [-0.4, -0.2) is 41.1 Å². The van der Waals surface area contributed by atoms with Crippen molar-refractivity contribution < 1.29 is 17.7 Å². The molecule has 170 valence electrons. The molecule has 0 aromatic heterocycles. The van der Waals surface area contributed by atoms with Crippen LogP contribution >= 0.6 is 0 Å². The van der Waals surface area contributed by atoms with Gasteiger partial charge in [-0.1, -0.05) is 13.8 Å². The van der Waals surface area contributed by atoms with Crippen LogP contribution < -0.4 is 10.9 Å². The Morgan fingerprint density at radius 1 is 1.26 bits per heavy atom. The van der Waals surface area contributed by atoms with Crippen molar-refractivity contribution in [3.63, 3.8) is 0 Å². The minimum absolute atomic E-state index is 0.111. The van der Waals surface area contributed by atoms with Crippen LogP contribution in [0.5, 0.6) is 0 Å². The van der Waals surface area contributed by atoms with E-state index < -0.39 is 17.8 Å². The van der Waals surface area contributed by atoms with Crippen LogP contribution in [0.1, 0.15) is 58.6 Å². The Hall–Kier alpha value is -2.60. The van der Waals surface area contributed by atoms with Crippen molar-refractivity contribution in [1.82, 2.24) is 10.2 Å². The average molecular weight is 440 g/mol. The number of nitriles is 1. The molecule has 1 heterocycles. The number of aliphatic imine (C=N–C) groups is 1. The summed E-state index contributed by atoms with van der Waals surface area (Å²) in [5.74, 6) is 0.642. The maximum Gasteiger partial charge on any atom is 0.406 e. The van der Waals surface area contributed by atoms with E-state index >= 15 is 0 Å². The third-order valence-corrected chi connectivity index (χ3v) is 5.58. The second-order valence-corrected chi connectivity index (χ2v) is 8.18. The normalized spacial score (nSPS) is 18.2. The molecule has 2 unspecified atom stereocenters. The highest BCUT2D eigenvalue weighted by molar-refractivity contribution is 5.91. The summed E-state index contributed by atoms with van der Waals surface area (Å²) >= 11 is 0. The first-order valence-electron chi connectivity index (χ1n) is 10.3. The van der Waals surface area contributed by atoms with Gasteiger partial charge in [0.2, 0.25) is 0 Å². The van der Waals surface area contributed by atoms with Crippen molar-refractivity contribution in [2.45, 2.75) is 71.3 Å². The van der Waals surface area contributed by atoms with Crippen molar-refractivity contribution in [2.24, 2.45) is 4.99 Å². The van der Waals surface area contributed by atoms with Crippen LogP contribution in [0.3, 0.4) is 0 Å². The van der Waals surface area contributed by atoms with Crippen LogP contribution in [-0.2, 0) is 0 Å². The van der Waals surface area contributed by atoms with Crippen LogP contribution in [0, 0.1) is 11.3 Å². The summed E-state index contributed by atoms with van der Waals surface area (Å²) in [6.07, 6.45) is -1.27. The summed E-state index contributed by atoms with van der Waals surface area (Å²) in [6, 6.07) is 6.09. The van der Waals surface area contributed by atoms with E-state index in [1.54, 1.807) is 24.6 Å². The molecule has 1 aromatic carbocycles. The summed E-state index contributed by atoms with van der Waals surface area (Å²) in [6.45, 7) is 8.25. The Morgan fingerprint density at radius 2 is 1.94 bits per heavy atom. The molecule has 1 aliphatic heterocycles. The van der Waals surface area contributed by atoms with Gasteiger partial charge in [-0.2, -0.15) is 18.4 Å². The third-order valence-electron chi connectivity index (χ3n) is 5.58. The summed E-state index contributed by atoms with van der Waals surface area (Å²) in [5.41, 5.74) is 1.14. The SMILES string of the molecule is CCC(CN1C(C)=NC(c2ccc(C#N)cc2NF)=CC1CC)NC(C)(C)C(F)(F)F. The molecule has 2 N–H and O–H groups in total. The lowest BCUT2D eigenvalue weighted by molar-refractivity contribution is -0.188. The number of rotatable bonds is 8.